The molecule has 2 aromatic heterocycles. The van der Waals surface area contributed by atoms with Crippen LogP contribution in [0.1, 0.15) is 47.8 Å². The van der Waals surface area contributed by atoms with E-state index in [0.29, 0.717) is 0 Å². The lowest BCUT2D eigenvalue weighted by Crippen LogP contribution is -2.36. The lowest BCUT2D eigenvalue weighted by Gasteiger charge is -2.32. The molecule has 1 N–H and O–H groups in total. The highest BCUT2D eigenvalue weighted by Gasteiger charge is 2.23. The zero-order valence-corrected chi connectivity index (χ0v) is 12.7. The fraction of sp³-hybridized carbons (Fsp3) is 0.500. The van der Waals surface area contributed by atoms with Crippen LogP contribution in [0.3, 0.4) is 0 Å². The zero-order valence-electron chi connectivity index (χ0n) is 12.7. The maximum atomic E-state index is 10.9. The van der Waals surface area contributed by atoms with E-state index < -0.39 is 5.97 Å². The number of aromatic carboxylic acids is 1. The minimum atomic E-state index is -0.978. The van der Waals surface area contributed by atoms with Gasteiger partial charge in [0.05, 0.1) is 12.6 Å². The Morgan fingerprint density at radius 1 is 1.41 bits per heavy atom. The maximum absolute atomic E-state index is 10.9. The van der Waals surface area contributed by atoms with Crippen LogP contribution < -0.4 is 0 Å². The molecular formula is C16H21N3O3. The lowest BCUT2D eigenvalue weighted by atomic mass is 10.1. The molecule has 0 aromatic carbocycles. The Kier molecular flexibility index (Phi) is 4.29. The minimum absolute atomic E-state index is 0.107. The number of carbonyl (C=O) groups is 1. The van der Waals surface area contributed by atoms with Gasteiger partial charge in [-0.1, -0.05) is 6.92 Å². The second-order valence-corrected chi connectivity index (χ2v) is 5.74. The number of aromatic nitrogens is 2. The van der Waals surface area contributed by atoms with Gasteiger partial charge in [0.2, 0.25) is 0 Å². The molecule has 1 aliphatic rings. The van der Waals surface area contributed by atoms with Crippen LogP contribution in [0.15, 0.2) is 28.8 Å². The summed E-state index contributed by atoms with van der Waals surface area (Å²) < 4.78 is 7.56. The van der Waals surface area contributed by atoms with E-state index in [1.165, 1.54) is 0 Å². The molecule has 1 unspecified atom stereocenters. The first-order valence-electron chi connectivity index (χ1n) is 7.74. The number of nitrogens with zero attached hydrogens (tertiary/aromatic N) is 3. The van der Waals surface area contributed by atoms with Crippen molar-refractivity contribution in [3.05, 3.63) is 41.6 Å². The summed E-state index contributed by atoms with van der Waals surface area (Å²) in [7, 11) is 0. The number of carboxylic acids is 1. The summed E-state index contributed by atoms with van der Waals surface area (Å²) >= 11 is 0. The predicted molar refractivity (Wildman–Crippen MR) is 80.8 cm³/mol. The van der Waals surface area contributed by atoms with Crippen molar-refractivity contribution in [2.75, 3.05) is 13.1 Å². The molecule has 0 aliphatic carbocycles. The zero-order chi connectivity index (χ0) is 15.5. The maximum Gasteiger partial charge on any atom is 0.356 e. The summed E-state index contributed by atoms with van der Waals surface area (Å²) in [5, 5.41) is 13.1. The summed E-state index contributed by atoms with van der Waals surface area (Å²) in [5.74, 6) is 1.03. The van der Waals surface area contributed by atoms with Crippen molar-refractivity contribution >= 4 is 5.97 Å². The quantitative estimate of drug-likeness (QED) is 0.919. The summed E-state index contributed by atoms with van der Waals surface area (Å²) in [5.41, 5.74) is 0.107. The van der Waals surface area contributed by atoms with Crippen LogP contribution in [-0.2, 0) is 13.0 Å². The number of carboxylic acid groups (broad SMARTS) is 1. The van der Waals surface area contributed by atoms with Crippen molar-refractivity contribution in [1.29, 1.82) is 0 Å². The van der Waals surface area contributed by atoms with Gasteiger partial charge in [-0.05, 0) is 37.6 Å². The molecule has 6 heteroatoms. The Balaban J connectivity index is 1.64. The van der Waals surface area contributed by atoms with Crippen LogP contribution in [-0.4, -0.2) is 38.8 Å². The van der Waals surface area contributed by atoms with Crippen LogP contribution in [0.4, 0.5) is 0 Å². The lowest BCUT2D eigenvalue weighted by molar-refractivity contribution is 0.0688. The molecule has 0 radical (unpaired) electrons. The molecule has 1 fully saturated rings. The molecule has 2 aromatic rings. The van der Waals surface area contributed by atoms with E-state index in [1.807, 2.05) is 12.1 Å². The molecule has 0 spiro atoms. The number of piperidine rings is 1. The number of rotatable bonds is 5. The van der Waals surface area contributed by atoms with Gasteiger partial charge in [0.15, 0.2) is 5.69 Å². The average Bonchev–Trinajstić information content (AvgIpc) is 3.16. The van der Waals surface area contributed by atoms with E-state index in [1.54, 1.807) is 16.9 Å². The topological polar surface area (TPSA) is 71.5 Å². The second kappa shape index (κ2) is 6.36. The number of hydrogen-bond acceptors (Lipinski definition) is 4. The van der Waals surface area contributed by atoms with Gasteiger partial charge in [0.1, 0.15) is 11.5 Å². The number of furan rings is 1. The molecule has 3 heterocycles. The standard InChI is InChI=1S/C16H21N3O3/c1-2-13-5-6-14(22-13)11-18-8-3-4-12(10-18)19-9-7-15(17-19)16(20)21/h5-7,9,12H,2-4,8,10-11H2,1H3,(H,20,21). The highest BCUT2D eigenvalue weighted by molar-refractivity contribution is 5.85. The van der Waals surface area contributed by atoms with E-state index in [9.17, 15) is 4.79 Å². The summed E-state index contributed by atoms with van der Waals surface area (Å²) in [6, 6.07) is 5.85. The summed E-state index contributed by atoms with van der Waals surface area (Å²) in [6.07, 6.45) is 4.78. The molecule has 3 rings (SSSR count). The Morgan fingerprint density at radius 3 is 2.91 bits per heavy atom. The predicted octanol–water partition coefficient (Wildman–Crippen LogP) is 2.57. The second-order valence-electron chi connectivity index (χ2n) is 5.74. The molecule has 1 atom stereocenters. The first-order chi connectivity index (χ1) is 10.7. The van der Waals surface area contributed by atoms with Gasteiger partial charge >= 0.3 is 5.97 Å². The monoisotopic (exact) mass is 303 g/mol. The Labute approximate surface area is 129 Å². The molecule has 22 heavy (non-hydrogen) atoms. The molecule has 1 aliphatic heterocycles. The molecule has 0 bridgehead atoms. The number of aryl methyl sites for hydroxylation is 1. The first kappa shape index (κ1) is 14.8. The minimum Gasteiger partial charge on any atom is -0.476 e. The average molecular weight is 303 g/mol. The van der Waals surface area contributed by atoms with Crippen LogP contribution in [0.2, 0.25) is 0 Å². The molecule has 0 amide bonds. The highest BCUT2D eigenvalue weighted by atomic mass is 16.4. The van der Waals surface area contributed by atoms with E-state index in [2.05, 4.69) is 16.9 Å². The molecule has 1 saturated heterocycles. The fourth-order valence-corrected chi connectivity index (χ4v) is 2.96. The van der Waals surface area contributed by atoms with Gasteiger partial charge in [-0.15, -0.1) is 0 Å². The Morgan fingerprint density at radius 2 is 2.23 bits per heavy atom. The van der Waals surface area contributed by atoms with Gasteiger partial charge in [0.25, 0.3) is 0 Å². The molecule has 118 valence electrons. The van der Waals surface area contributed by atoms with E-state index in [4.69, 9.17) is 9.52 Å². The highest BCUT2D eigenvalue weighted by Crippen LogP contribution is 2.23. The van der Waals surface area contributed by atoms with Crippen molar-refractivity contribution < 1.29 is 14.3 Å². The van der Waals surface area contributed by atoms with Crippen molar-refractivity contribution in [1.82, 2.24) is 14.7 Å². The number of likely N-dealkylation sites (tertiary alicyclic amines) is 1. The smallest absolute Gasteiger partial charge is 0.356 e. The van der Waals surface area contributed by atoms with Gasteiger partial charge in [-0.25, -0.2) is 4.79 Å². The van der Waals surface area contributed by atoms with Crippen LogP contribution in [0.25, 0.3) is 0 Å². The third-order valence-electron chi connectivity index (χ3n) is 4.13. The van der Waals surface area contributed by atoms with Crippen molar-refractivity contribution in [2.24, 2.45) is 0 Å². The molecule has 6 nitrogen and oxygen atoms in total. The van der Waals surface area contributed by atoms with Gasteiger partial charge in [0, 0.05) is 19.2 Å². The fourth-order valence-electron chi connectivity index (χ4n) is 2.96. The largest absolute Gasteiger partial charge is 0.476 e. The van der Waals surface area contributed by atoms with Crippen LogP contribution >= 0.6 is 0 Å². The Hall–Kier alpha value is -2.08. The van der Waals surface area contributed by atoms with E-state index in [-0.39, 0.29) is 11.7 Å². The summed E-state index contributed by atoms with van der Waals surface area (Å²) in [4.78, 5) is 13.3. The molecule has 0 saturated carbocycles. The van der Waals surface area contributed by atoms with E-state index in [0.717, 1.165) is 50.4 Å². The first-order valence-corrected chi connectivity index (χ1v) is 7.74. The number of hydrogen-bond donors (Lipinski definition) is 1. The van der Waals surface area contributed by atoms with Crippen molar-refractivity contribution in [3.63, 3.8) is 0 Å². The SMILES string of the molecule is CCc1ccc(CN2CCCC(n3ccc(C(=O)O)n3)C2)o1. The third kappa shape index (κ3) is 3.22. The van der Waals surface area contributed by atoms with Crippen LogP contribution in [0, 0.1) is 0 Å². The van der Waals surface area contributed by atoms with Gasteiger partial charge in [-0.3, -0.25) is 9.58 Å². The molecular weight excluding hydrogens is 282 g/mol. The van der Waals surface area contributed by atoms with E-state index >= 15 is 0 Å². The normalized spacial score (nSPS) is 19.4. The Bertz CT molecular complexity index is 647. The van der Waals surface area contributed by atoms with Crippen LogP contribution in [0.5, 0.6) is 0 Å². The van der Waals surface area contributed by atoms with Crippen molar-refractivity contribution in [2.45, 2.75) is 38.8 Å². The van der Waals surface area contributed by atoms with Crippen molar-refractivity contribution in [3.8, 4) is 0 Å². The van der Waals surface area contributed by atoms with Gasteiger partial charge in [-0.2, -0.15) is 5.10 Å². The van der Waals surface area contributed by atoms with Gasteiger partial charge < -0.3 is 9.52 Å². The third-order valence-corrected chi connectivity index (χ3v) is 4.13. The summed E-state index contributed by atoms with van der Waals surface area (Å²) in [6.45, 7) is 4.77.